The van der Waals surface area contributed by atoms with Gasteiger partial charge in [0.05, 0.1) is 6.61 Å². The highest BCUT2D eigenvalue weighted by molar-refractivity contribution is 14.0. The Morgan fingerprint density at radius 3 is 2.73 bits per heavy atom. The molecule has 0 bridgehead atoms. The van der Waals surface area contributed by atoms with Crippen LogP contribution >= 0.6 is 24.0 Å². The SMILES string of the molecule is CCNC(=NCCc1ccc2c(c1)CCO2)N1CCC(Oc2ccccc2)CC1.I. The molecule has 2 heterocycles. The molecule has 1 N–H and O–H groups in total. The fraction of sp³-hybridized carbons (Fsp3) is 0.458. The summed E-state index contributed by atoms with van der Waals surface area (Å²) < 4.78 is 11.7. The number of likely N-dealkylation sites (tertiary alicyclic amines) is 1. The van der Waals surface area contributed by atoms with Gasteiger partial charge >= 0.3 is 0 Å². The second kappa shape index (κ2) is 11.4. The molecule has 5 nitrogen and oxygen atoms in total. The predicted molar refractivity (Wildman–Crippen MR) is 132 cm³/mol. The molecule has 4 rings (SSSR count). The molecule has 1 fully saturated rings. The van der Waals surface area contributed by atoms with E-state index in [1.807, 2.05) is 30.3 Å². The third-order valence-corrected chi connectivity index (χ3v) is 5.54. The van der Waals surface area contributed by atoms with Crippen LogP contribution in [0.1, 0.15) is 30.9 Å². The zero-order valence-electron chi connectivity index (χ0n) is 17.7. The largest absolute Gasteiger partial charge is 0.493 e. The predicted octanol–water partition coefficient (Wildman–Crippen LogP) is 4.29. The number of aliphatic imine (C=N–C) groups is 1. The van der Waals surface area contributed by atoms with E-state index < -0.39 is 0 Å². The lowest BCUT2D eigenvalue weighted by molar-refractivity contribution is 0.129. The maximum Gasteiger partial charge on any atom is 0.193 e. The molecule has 0 aromatic heterocycles. The minimum Gasteiger partial charge on any atom is -0.493 e. The number of piperidine rings is 1. The number of para-hydroxylation sites is 1. The number of guanidine groups is 1. The van der Waals surface area contributed by atoms with E-state index in [1.54, 1.807) is 0 Å². The zero-order valence-corrected chi connectivity index (χ0v) is 20.0. The molecule has 0 aliphatic carbocycles. The van der Waals surface area contributed by atoms with Gasteiger partial charge in [-0.3, -0.25) is 4.99 Å². The molecular weight excluding hydrogens is 489 g/mol. The van der Waals surface area contributed by atoms with Crippen LogP contribution in [0, 0.1) is 0 Å². The molecule has 1 saturated heterocycles. The van der Waals surface area contributed by atoms with Crippen molar-refractivity contribution in [3.05, 3.63) is 59.7 Å². The van der Waals surface area contributed by atoms with Gasteiger partial charge in [-0.1, -0.05) is 30.3 Å². The Morgan fingerprint density at radius 2 is 1.97 bits per heavy atom. The molecule has 0 radical (unpaired) electrons. The molecule has 162 valence electrons. The van der Waals surface area contributed by atoms with Crippen molar-refractivity contribution in [3.63, 3.8) is 0 Å². The van der Waals surface area contributed by atoms with Crippen LogP contribution in [0.3, 0.4) is 0 Å². The Hall–Kier alpha value is -1.96. The summed E-state index contributed by atoms with van der Waals surface area (Å²) in [4.78, 5) is 7.26. The normalized spacial score (nSPS) is 16.4. The standard InChI is InChI=1S/C24H31N3O2.HI/c1-2-25-24(26-14-10-19-8-9-23-20(18-19)13-17-28-23)27-15-11-22(12-16-27)29-21-6-4-3-5-7-21;/h3-9,18,22H,2,10-17H2,1H3,(H,25,26);1H. The molecule has 2 aromatic carbocycles. The number of fused-ring (bicyclic) bond motifs is 1. The molecule has 0 saturated carbocycles. The van der Waals surface area contributed by atoms with Crippen LogP contribution in [0.15, 0.2) is 53.5 Å². The van der Waals surface area contributed by atoms with Crippen molar-refractivity contribution in [3.8, 4) is 11.5 Å². The summed E-state index contributed by atoms with van der Waals surface area (Å²) in [5.41, 5.74) is 2.67. The molecule has 30 heavy (non-hydrogen) atoms. The number of nitrogens with one attached hydrogen (secondary N) is 1. The smallest absolute Gasteiger partial charge is 0.193 e. The van der Waals surface area contributed by atoms with E-state index in [9.17, 15) is 0 Å². The number of benzene rings is 2. The van der Waals surface area contributed by atoms with Gasteiger partial charge in [-0.15, -0.1) is 24.0 Å². The van der Waals surface area contributed by atoms with Crippen molar-refractivity contribution in [2.24, 2.45) is 4.99 Å². The molecule has 0 amide bonds. The van der Waals surface area contributed by atoms with E-state index >= 15 is 0 Å². The number of halogens is 1. The minimum atomic E-state index is 0. The van der Waals surface area contributed by atoms with E-state index in [-0.39, 0.29) is 30.1 Å². The van der Waals surface area contributed by atoms with Gasteiger partial charge in [0.1, 0.15) is 17.6 Å². The minimum absolute atomic E-state index is 0. The summed E-state index contributed by atoms with van der Waals surface area (Å²) >= 11 is 0. The lowest BCUT2D eigenvalue weighted by Crippen LogP contribution is -2.47. The lowest BCUT2D eigenvalue weighted by Gasteiger charge is -2.34. The number of hydrogen-bond donors (Lipinski definition) is 1. The van der Waals surface area contributed by atoms with Gasteiger partial charge in [0.25, 0.3) is 0 Å². The summed E-state index contributed by atoms with van der Waals surface area (Å²) in [6.45, 7) is 6.56. The van der Waals surface area contributed by atoms with Crippen LogP contribution in [0.25, 0.3) is 0 Å². The molecule has 6 heteroatoms. The van der Waals surface area contributed by atoms with Crippen LogP contribution in [0.5, 0.6) is 11.5 Å². The van der Waals surface area contributed by atoms with Crippen molar-refractivity contribution in [1.29, 1.82) is 0 Å². The first-order valence-corrected chi connectivity index (χ1v) is 10.8. The quantitative estimate of drug-likeness (QED) is 0.350. The Balaban J connectivity index is 0.00000256. The molecular formula is C24H32IN3O2. The van der Waals surface area contributed by atoms with E-state index in [0.717, 1.165) is 75.9 Å². The molecule has 2 aliphatic rings. The van der Waals surface area contributed by atoms with Crippen molar-refractivity contribution >= 4 is 29.9 Å². The van der Waals surface area contributed by atoms with Gasteiger partial charge in [0, 0.05) is 45.4 Å². The highest BCUT2D eigenvalue weighted by atomic mass is 127. The summed E-state index contributed by atoms with van der Waals surface area (Å²) in [6, 6.07) is 16.7. The number of ether oxygens (including phenoxy) is 2. The van der Waals surface area contributed by atoms with Gasteiger partial charge in [-0.25, -0.2) is 0 Å². The van der Waals surface area contributed by atoms with Gasteiger partial charge in [-0.2, -0.15) is 0 Å². The second-order valence-electron chi connectivity index (χ2n) is 7.64. The first-order chi connectivity index (χ1) is 14.3. The maximum atomic E-state index is 6.12. The molecule has 2 aromatic rings. The first kappa shape index (κ1) is 22.7. The van der Waals surface area contributed by atoms with E-state index in [1.165, 1.54) is 11.1 Å². The highest BCUT2D eigenvalue weighted by Gasteiger charge is 2.22. The Bertz CT molecular complexity index is 820. The van der Waals surface area contributed by atoms with Crippen molar-refractivity contribution in [2.75, 3.05) is 32.8 Å². The number of nitrogens with zero attached hydrogens (tertiary/aromatic N) is 2. The Kier molecular flexibility index (Phi) is 8.66. The fourth-order valence-electron chi connectivity index (χ4n) is 3.99. The van der Waals surface area contributed by atoms with Gasteiger partial charge in [0.2, 0.25) is 0 Å². The van der Waals surface area contributed by atoms with E-state index in [0.29, 0.717) is 0 Å². The Morgan fingerprint density at radius 1 is 1.17 bits per heavy atom. The third kappa shape index (κ3) is 6.03. The van der Waals surface area contributed by atoms with E-state index in [4.69, 9.17) is 14.5 Å². The summed E-state index contributed by atoms with van der Waals surface area (Å²) in [5, 5.41) is 3.46. The average molecular weight is 521 g/mol. The van der Waals surface area contributed by atoms with Crippen molar-refractivity contribution in [1.82, 2.24) is 10.2 Å². The van der Waals surface area contributed by atoms with Crippen LogP contribution in [0.2, 0.25) is 0 Å². The fourth-order valence-corrected chi connectivity index (χ4v) is 3.99. The average Bonchev–Trinajstić information content (AvgIpc) is 3.22. The van der Waals surface area contributed by atoms with Gasteiger partial charge in [0.15, 0.2) is 5.96 Å². The summed E-state index contributed by atoms with van der Waals surface area (Å²) in [6.07, 6.45) is 4.30. The Labute approximate surface area is 196 Å². The molecule has 0 unspecified atom stereocenters. The van der Waals surface area contributed by atoms with Crippen molar-refractivity contribution < 1.29 is 9.47 Å². The molecule has 0 spiro atoms. The second-order valence-corrected chi connectivity index (χ2v) is 7.64. The maximum absolute atomic E-state index is 6.12. The summed E-state index contributed by atoms with van der Waals surface area (Å²) in [5.74, 6) is 3.03. The van der Waals surface area contributed by atoms with Gasteiger partial charge in [-0.05, 0) is 42.7 Å². The molecule has 0 atom stereocenters. The third-order valence-electron chi connectivity index (χ3n) is 5.54. The summed E-state index contributed by atoms with van der Waals surface area (Å²) in [7, 11) is 0. The monoisotopic (exact) mass is 521 g/mol. The van der Waals surface area contributed by atoms with Crippen LogP contribution in [0.4, 0.5) is 0 Å². The van der Waals surface area contributed by atoms with Gasteiger partial charge < -0.3 is 19.7 Å². The highest BCUT2D eigenvalue weighted by Crippen LogP contribution is 2.26. The number of hydrogen-bond acceptors (Lipinski definition) is 3. The lowest BCUT2D eigenvalue weighted by atomic mass is 10.1. The van der Waals surface area contributed by atoms with Crippen LogP contribution < -0.4 is 14.8 Å². The molecule has 2 aliphatic heterocycles. The topological polar surface area (TPSA) is 46.1 Å². The number of rotatable bonds is 6. The van der Waals surface area contributed by atoms with Crippen LogP contribution in [-0.2, 0) is 12.8 Å². The van der Waals surface area contributed by atoms with Crippen LogP contribution in [-0.4, -0.2) is 49.7 Å². The zero-order chi connectivity index (χ0) is 19.9. The van der Waals surface area contributed by atoms with E-state index in [2.05, 4.69) is 35.3 Å². The van der Waals surface area contributed by atoms with Crippen molar-refractivity contribution in [2.45, 2.75) is 38.7 Å². The first-order valence-electron chi connectivity index (χ1n) is 10.8.